The molecule has 0 aromatic rings. The molecule has 4 N–H and O–H groups in total. The Morgan fingerprint density at radius 3 is 1.25 bits per heavy atom. The van der Waals surface area contributed by atoms with Gasteiger partial charge < -0.3 is 19.3 Å². The zero-order valence-corrected chi connectivity index (χ0v) is 5.39. The molecule has 0 radical (unpaired) electrons. The standard InChI is InChI=1S/C2H6O4S2/c3-1(7-5)2(4)8-6/h1-6H/t1-,2-/m1/s1. The Bertz CT molecular complexity index is 52.0. The van der Waals surface area contributed by atoms with Crippen molar-refractivity contribution in [2.45, 2.75) is 10.9 Å². The Morgan fingerprint density at radius 2 is 1.12 bits per heavy atom. The van der Waals surface area contributed by atoms with Gasteiger partial charge >= 0.3 is 0 Å². The first-order valence-electron chi connectivity index (χ1n) is 1.69. The number of hydrogen-bond acceptors (Lipinski definition) is 6. The van der Waals surface area contributed by atoms with Crippen molar-refractivity contribution in [1.29, 1.82) is 0 Å². The molecule has 4 nitrogen and oxygen atoms in total. The van der Waals surface area contributed by atoms with Gasteiger partial charge in [0.05, 0.1) is 0 Å². The molecule has 0 amide bonds. The molecule has 0 aliphatic rings. The van der Waals surface area contributed by atoms with Crippen molar-refractivity contribution in [1.82, 2.24) is 0 Å². The lowest BCUT2D eigenvalue weighted by Gasteiger charge is -2.08. The van der Waals surface area contributed by atoms with Gasteiger partial charge in [-0.2, -0.15) is 0 Å². The Balaban J connectivity index is 3.29. The zero-order valence-electron chi connectivity index (χ0n) is 3.76. The summed E-state index contributed by atoms with van der Waals surface area (Å²) in [6, 6.07) is 0. The topological polar surface area (TPSA) is 80.9 Å². The van der Waals surface area contributed by atoms with Gasteiger partial charge in [-0.05, 0) is 0 Å². The van der Waals surface area contributed by atoms with E-state index in [1.807, 2.05) is 0 Å². The van der Waals surface area contributed by atoms with Crippen molar-refractivity contribution in [3.8, 4) is 0 Å². The van der Waals surface area contributed by atoms with E-state index in [9.17, 15) is 0 Å². The van der Waals surface area contributed by atoms with Crippen LogP contribution in [0.1, 0.15) is 0 Å². The van der Waals surface area contributed by atoms with Crippen molar-refractivity contribution in [3.05, 3.63) is 0 Å². The minimum Gasteiger partial charge on any atom is -0.376 e. The highest BCUT2D eigenvalue weighted by Crippen LogP contribution is 2.14. The molecule has 0 bridgehead atoms. The molecule has 0 fully saturated rings. The Labute approximate surface area is 54.9 Å². The number of aliphatic hydroxyl groups excluding tert-OH is 2. The van der Waals surface area contributed by atoms with E-state index in [2.05, 4.69) is 0 Å². The maximum absolute atomic E-state index is 8.41. The lowest BCUT2D eigenvalue weighted by molar-refractivity contribution is 0.128. The van der Waals surface area contributed by atoms with Gasteiger partial charge in [0, 0.05) is 24.1 Å². The van der Waals surface area contributed by atoms with Crippen LogP contribution in [0.15, 0.2) is 0 Å². The highest BCUT2D eigenvalue weighted by atomic mass is 32.2. The molecule has 8 heavy (non-hydrogen) atoms. The molecule has 0 aromatic heterocycles. The molecule has 50 valence electrons. The average molecular weight is 158 g/mol. The fourth-order valence-corrected chi connectivity index (χ4v) is 0.611. The predicted molar refractivity (Wildman–Crippen MR) is 32.5 cm³/mol. The number of rotatable bonds is 3. The van der Waals surface area contributed by atoms with E-state index in [0.29, 0.717) is 0 Å². The van der Waals surface area contributed by atoms with Crippen molar-refractivity contribution >= 4 is 24.1 Å². The van der Waals surface area contributed by atoms with E-state index < -0.39 is 10.9 Å². The van der Waals surface area contributed by atoms with E-state index in [-0.39, 0.29) is 24.1 Å². The molecule has 0 aromatic carbocycles. The first-order valence-corrected chi connectivity index (χ1v) is 3.36. The Hall–Kier alpha value is 0.540. The molecule has 0 rings (SSSR count). The largest absolute Gasteiger partial charge is 0.376 e. The average Bonchev–Trinajstić information content (AvgIpc) is 1.84. The molecule has 0 aliphatic heterocycles. The second-order valence-corrected chi connectivity index (χ2v) is 2.38. The summed E-state index contributed by atoms with van der Waals surface area (Å²) in [5, 5.41) is 16.8. The summed E-state index contributed by atoms with van der Waals surface area (Å²) < 4.78 is 16.0. The minimum absolute atomic E-state index is 0.0822. The first kappa shape index (κ1) is 8.54. The van der Waals surface area contributed by atoms with Gasteiger partial charge in [-0.1, -0.05) is 0 Å². The third-order valence-electron chi connectivity index (χ3n) is 0.460. The minimum atomic E-state index is -1.34. The van der Waals surface area contributed by atoms with Gasteiger partial charge in [-0.3, -0.25) is 0 Å². The molecule has 0 saturated heterocycles. The molecule has 0 spiro atoms. The van der Waals surface area contributed by atoms with Crippen molar-refractivity contribution in [2.24, 2.45) is 0 Å². The van der Waals surface area contributed by atoms with Gasteiger partial charge in [-0.25, -0.2) is 0 Å². The summed E-state index contributed by atoms with van der Waals surface area (Å²) in [5.74, 6) is 0. The van der Waals surface area contributed by atoms with E-state index in [0.717, 1.165) is 0 Å². The van der Waals surface area contributed by atoms with Gasteiger partial charge in [0.1, 0.15) is 0 Å². The van der Waals surface area contributed by atoms with E-state index in [4.69, 9.17) is 19.3 Å². The van der Waals surface area contributed by atoms with Crippen LogP contribution in [0.25, 0.3) is 0 Å². The van der Waals surface area contributed by atoms with Crippen LogP contribution in [0.5, 0.6) is 0 Å². The second-order valence-electron chi connectivity index (χ2n) is 0.992. The third-order valence-corrected chi connectivity index (χ3v) is 1.58. The molecule has 0 unspecified atom stereocenters. The van der Waals surface area contributed by atoms with Crippen LogP contribution in [0, 0.1) is 0 Å². The van der Waals surface area contributed by atoms with Crippen LogP contribution in [0.2, 0.25) is 0 Å². The van der Waals surface area contributed by atoms with Crippen molar-refractivity contribution in [2.75, 3.05) is 0 Å². The predicted octanol–water partition coefficient (Wildman–Crippen LogP) is 0.0356. The van der Waals surface area contributed by atoms with Gasteiger partial charge in [0.2, 0.25) is 0 Å². The molecule has 2 atom stereocenters. The van der Waals surface area contributed by atoms with E-state index in [1.165, 1.54) is 0 Å². The fourth-order valence-electron chi connectivity index (χ4n) is 0.104. The van der Waals surface area contributed by atoms with Crippen molar-refractivity contribution in [3.63, 3.8) is 0 Å². The molecule has 6 heteroatoms. The van der Waals surface area contributed by atoms with E-state index in [1.54, 1.807) is 0 Å². The van der Waals surface area contributed by atoms with Crippen molar-refractivity contribution < 1.29 is 19.3 Å². The molecular weight excluding hydrogens is 152 g/mol. The normalized spacial score (nSPS) is 18.0. The van der Waals surface area contributed by atoms with Gasteiger partial charge in [-0.15, -0.1) is 0 Å². The number of aliphatic hydroxyl groups is 2. The number of hydrogen-bond donors (Lipinski definition) is 4. The summed E-state index contributed by atoms with van der Waals surface area (Å²) >= 11 is 0.164. The summed E-state index contributed by atoms with van der Waals surface area (Å²) in [6.07, 6.45) is 0. The maximum Gasteiger partial charge on any atom is 0.162 e. The SMILES string of the molecule is OS[C@@H](O)[C@H](O)SO. The maximum atomic E-state index is 8.41. The molecular formula is C2H6O4S2. The summed E-state index contributed by atoms with van der Waals surface area (Å²) in [6.45, 7) is 0. The second kappa shape index (κ2) is 4.42. The Morgan fingerprint density at radius 1 is 0.875 bits per heavy atom. The lowest BCUT2D eigenvalue weighted by atomic mass is 10.8. The Kier molecular flexibility index (Phi) is 4.72. The zero-order chi connectivity index (χ0) is 6.57. The monoisotopic (exact) mass is 158 g/mol. The summed E-state index contributed by atoms with van der Waals surface area (Å²) in [4.78, 5) is 0. The van der Waals surface area contributed by atoms with Crippen LogP contribution >= 0.6 is 24.1 Å². The lowest BCUT2D eigenvalue weighted by Crippen LogP contribution is -2.17. The first-order chi connectivity index (χ1) is 3.72. The van der Waals surface area contributed by atoms with Crippen LogP contribution in [-0.4, -0.2) is 30.2 Å². The molecule has 0 heterocycles. The van der Waals surface area contributed by atoms with Crippen LogP contribution in [0.3, 0.4) is 0 Å². The van der Waals surface area contributed by atoms with Crippen LogP contribution < -0.4 is 0 Å². The molecule has 0 aliphatic carbocycles. The third kappa shape index (κ3) is 2.75. The van der Waals surface area contributed by atoms with Crippen LogP contribution in [0.4, 0.5) is 0 Å². The van der Waals surface area contributed by atoms with Gasteiger partial charge in [0.25, 0.3) is 0 Å². The molecule has 0 saturated carbocycles. The smallest absolute Gasteiger partial charge is 0.162 e. The highest BCUT2D eigenvalue weighted by Gasteiger charge is 2.15. The van der Waals surface area contributed by atoms with E-state index >= 15 is 0 Å². The quantitative estimate of drug-likeness (QED) is 0.343. The fraction of sp³-hybridized carbons (Fsp3) is 1.00. The summed E-state index contributed by atoms with van der Waals surface area (Å²) in [5.41, 5.74) is -2.69. The van der Waals surface area contributed by atoms with Gasteiger partial charge in [0.15, 0.2) is 10.9 Å². The van der Waals surface area contributed by atoms with Crippen LogP contribution in [-0.2, 0) is 0 Å². The highest BCUT2D eigenvalue weighted by molar-refractivity contribution is 7.98. The summed E-state index contributed by atoms with van der Waals surface area (Å²) in [7, 11) is 0.